The van der Waals surface area contributed by atoms with Gasteiger partial charge in [-0.2, -0.15) is 5.10 Å². The highest BCUT2D eigenvalue weighted by atomic mass is 16.2. The Hall–Kier alpha value is -3.25. The number of amides is 1. The van der Waals surface area contributed by atoms with Gasteiger partial charge in [-0.1, -0.05) is 48.0 Å². The standard InChI is InChI=1S/C26H30N4O2/c1-19-10-12-22(13-11-19)18-28-14-7-15-29(17-16-28)26(32)25(31)24-20(2)27-30(21(24)3)23-8-5-4-6-9-23/h4-6,8-13H,7,14-18H2,1-3H3. The first-order valence-electron chi connectivity index (χ1n) is 11.2. The van der Waals surface area contributed by atoms with Crippen LogP contribution in [0.25, 0.3) is 5.69 Å². The molecule has 32 heavy (non-hydrogen) atoms. The summed E-state index contributed by atoms with van der Waals surface area (Å²) < 4.78 is 1.74. The minimum Gasteiger partial charge on any atom is -0.334 e. The lowest BCUT2D eigenvalue weighted by Crippen LogP contribution is -2.39. The first-order chi connectivity index (χ1) is 15.4. The lowest BCUT2D eigenvalue weighted by Gasteiger charge is -2.21. The molecule has 0 unspecified atom stereocenters. The minimum atomic E-state index is -0.464. The van der Waals surface area contributed by atoms with Crippen LogP contribution in [0.4, 0.5) is 0 Å². The first-order valence-corrected chi connectivity index (χ1v) is 11.2. The van der Waals surface area contributed by atoms with E-state index in [1.165, 1.54) is 11.1 Å². The van der Waals surface area contributed by atoms with Gasteiger partial charge in [-0.25, -0.2) is 4.68 Å². The molecule has 6 heteroatoms. The number of aromatic nitrogens is 2. The van der Waals surface area contributed by atoms with Crippen molar-refractivity contribution in [3.05, 3.63) is 82.7 Å². The molecule has 1 aliphatic rings. The molecule has 0 N–H and O–H groups in total. The van der Waals surface area contributed by atoms with Crippen molar-refractivity contribution in [3.63, 3.8) is 0 Å². The van der Waals surface area contributed by atoms with Crippen molar-refractivity contribution in [2.75, 3.05) is 26.2 Å². The van der Waals surface area contributed by atoms with Gasteiger partial charge in [0, 0.05) is 32.7 Å². The van der Waals surface area contributed by atoms with Crippen LogP contribution in [0, 0.1) is 20.8 Å². The molecule has 0 spiro atoms. The van der Waals surface area contributed by atoms with Crippen LogP contribution in [-0.4, -0.2) is 57.4 Å². The Bertz CT molecular complexity index is 1100. The summed E-state index contributed by atoms with van der Waals surface area (Å²) in [6.07, 6.45) is 0.853. The third kappa shape index (κ3) is 4.65. The maximum Gasteiger partial charge on any atom is 0.295 e. The van der Waals surface area contributed by atoms with Crippen molar-refractivity contribution in [3.8, 4) is 5.69 Å². The third-order valence-corrected chi connectivity index (χ3v) is 6.12. The van der Waals surface area contributed by atoms with Crippen LogP contribution in [0.1, 0.15) is 39.3 Å². The van der Waals surface area contributed by atoms with E-state index in [0.717, 1.165) is 31.7 Å². The van der Waals surface area contributed by atoms with E-state index < -0.39 is 11.7 Å². The van der Waals surface area contributed by atoms with Crippen LogP contribution in [0.15, 0.2) is 54.6 Å². The molecule has 1 amide bonds. The molecule has 4 rings (SSSR count). The lowest BCUT2D eigenvalue weighted by molar-refractivity contribution is -0.126. The van der Waals surface area contributed by atoms with Crippen LogP contribution in [0.2, 0.25) is 0 Å². The highest BCUT2D eigenvalue weighted by Crippen LogP contribution is 2.20. The van der Waals surface area contributed by atoms with Gasteiger partial charge in [0.05, 0.1) is 22.6 Å². The number of carbonyl (C=O) groups is 2. The fourth-order valence-electron chi connectivity index (χ4n) is 4.33. The molecule has 166 valence electrons. The molecule has 0 aliphatic carbocycles. The van der Waals surface area contributed by atoms with E-state index in [0.29, 0.717) is 30.0 Å². The Balaban J connectivity index is 1.45. The van der Waals surface area contributed by atoms with Crippen LogP contribution in [-0.2, 0) is 11.3 Å². The van der Waals surface area contributed by atoms with Gasteiger partial charge in [0.2, 0.25) is 0 Å². The number of nitrogens with zero attached hydrogens (tertiary/aromatic N) is 4. The maximum absolute atomic E-state index is 13.2. The summed E-state index contributed by atoms with van der Waals surface area (Å²) >= 11 is 0. The second-order valence-corrected chi connectivity index (χ2v) is 8.53. The molecule has 6 nitrogen and oxygen atoms in total. The molecule has 0 radical (unpaired) electrons. The summed E-state index contributed by atoms with van der Waals surface area (Å²) in [4.78, 5) is 30.4. The molecule has 1 aromatic heterocycles. The van der Waals surface area contributed by atoms with Gasteiger partial charge in [-0.15, -0.1) is 0 Å². The van der Waals surface area contributed by atoms with Crippen molar-refractivity contribution < 1.29 is 9.59 Å². The van der Waals surface area contributed by atoms with Crippen LogP contribution in [0.5, 0.6) is 0 Å². The SMILES string of the molecule is Cc1ccc(CN2CCCN(C(=O)C(=O)c3c(C)nn(-c4ccccc4)c3C)CC2)cc1. The van der Waals surface area contributed by atoms with Gasteiger partial charge in [0.15, 0.2) is 0 Å². The third-order valence-electron chi connectivity index (χ3n) is 6.12. The van der Waals surface area contributed by atoms with Gasteiger partial charge >= 0.3 is 0 Å². The largest absolute Gasteiger partial charge is 0.334 e. The quantitative estimate of drug-likeness (QED) is 0.457. The van der Waals surface area contributed by atoms with Gasteiger partial charge in [-0.3, -0.25) is 14.5 Å². The Morgan fingerprint density at radius 2 is 1.59 bits per heavy atom. The molecule has 2 heterocycles. The van der Waals surface area contributed by atoms with Crippen molar-refractivity contribution >= 4 is 11.7 Å². The first kappa shape index (κ1) is 22.0. The Morgan fingerprint density at radius 3 is 2.31 bits per heavy atom. The molecule has 0 saturated carbocycles. The van der Waals surface area contributed by atoms with Crippen LogP contribution in [0.3, 0.4) is 0 Å². The summed E-state index contributed by atoms with van der Waals surface area (Å²) in [5, 5.41) is 4.53. The second kappa shape index (κ2) is 9.49. The number of hydrogen-bond acceptors (Lipinski definition) is 4. The Kier molecular flexibility index (Phi) is 6.51. The molecule has 1 aliphatic heterocycles. The number of ketones is 1. The zero-order chi connectivity index (χ0) is 22.7. The number of para-hydroxylation sites is 1. The van der Waals surface area contributed by atoms with E-state index in [9.17, 15) is 9.59 Å². The number of hydrogen-bond donors (Lipinski definition) is 0. The van der Waals surface area contributed by atoms with Crippen LogP contribution >= 0.6 is 0 Å². The summed E-state index contributed by atoms with van der Waals surface area (Å²) in [6, 6.07) is 18.2. The molecule has 1 saturated heterocycles. The zero-order valence-corrected chi connectivity index (χ0v) is 19.0. The van der Waals surface area contributed by atoms with Crippen molar-refractivity contribution in [2.45, 2.75) is 33.7 Å². The fraction of sp³-hybridized carbons (Fsp3) is 0.346. The van der Waals surface area contributed by atoms with Crippen LogP contribution < -0.4 is 0 Å². The average molecular weight is 431 g/mol. The monoisotopic (exact) mass is 430 g/mol. The molecule has 0 bridgehead atoms. The van der Waals surface area contributed by atoms with Crippen molar-refractivity contribution in [1.82, 2.24) is 19.6 Å². The molecule has 2 aromatic carbocycles. The van der Waals surface area contributed by atoms with E-state index in [1.54, 1.807) is 16.5 Å². The number of carbonyl (C=O) groups excluding carboxylic acids is 2. The van der Waals surface area contributed by atoms with E-state index >= 15 is 0 Å². The highest BCUT2D eigenvalue weighted by molar-refractivity contribution is 6.43. The zero-order valence-electron chi connectivity index (χ0n) is 19.0. The maximum atomic E-state index is 13.2. The van der Waals surface area contributed by atoms with Gasteiger partial charge in [0.1, 0.15) is 0 Å². The predicted octanol–water partition coefficient (Wildman–Crippen LogP) is 3.71. The molecule has 3 aromatic rings. The molecule has 0 atom stereocenters. The van der Waals surface area contributed by atoms with Crippen molar-refractivity contribution in [2.24, 2.45) is 0 Å². The normalized spacial score (nSPS) is 14.9. The topological polar surface area (TPSA) is 58.4 Å². The molecular weight excluding hydrogens is 400 g/mol. The Labute approximate surface area is 189 Å². The molecule has 1 fully saturated rings. The van der Waals surface area contributed by atoms with Gasteiger partial charge in [-0.05, 0) is 44.9 Å². The average Bonchev–Trinajstić information content (AvgIpc) is 2.95. The number of rotatable bonds is 5. The second-order valence-electron chi connectivity index (χ2n) is 8.53. The van der Waals surface area contributed by atoms with E-state index in [4.69, 9.17) is 0 Å². The smallest absolute Gasteiger partial charge is 0.295 e. The number of aryl methyl sites for hydroxylation is 2. The highest BCUT2D eigenvalue weighted by Gasteiger charge is 2.30. The number of benzene rings is 2. The lowest BCUT2D eigenvalue weighted by atomic mass is 10.1. The predicted molar refractivity (Wildman–Crippen MR) is 125 cm³/mol. The van der Waals surface area contributed by atoms with Crippen molar-refractivity contribution in [1.29, 1.82) is 0 Å². The summed E-state index contributed by atoms with van der Waals surface area (Å²) in [5.74, 6) is -0.893. The van der Waals surface area contributed by atoms with Gasteiger partial charge in [0.25, 0.3) is 11.7 Å². The summed E-state index contributed by atoms with van der Waals surface area (Å²) in [5.41, 5.74) is 5.09. The Morgan fingerprint density at radius 1 is 0.875 bits per heavy atom. The summed E-state index contributed by atoms with van der Waals surface area (Å²) in [7, 11) is 0. The van der Waals surface area contributed by atoms with E-state index in [2.05, 4.69) is 41.2 Å². The van der Waals surface area contributed by atoms with Gasteiger partial charge < -0.3 is 4.90 Å². The van der Waals surface area contributed by atoms with E-state index in [1.807, 2.05) is 37.3 Å². The number of Topliss-reactive ketones (excluding diaryl/α,β-unsaturated/α-hetero) is 1. The minimum absolute atomic E-state index is 0.416. The molecular formula is C26H30N4O2. The summed E-state index contributed by atoms with van der Waals surface area (Å²) in [6.45, 7) is 9.41. The fourth-order valence-corrected chi connectivity index (χ4v) is 4.33. The van der Waals surface area contributed by atoms with E-state index in [-0.39, 0.29) is 0 Å².